The van der Waals surface area contributed by atoms with Crippen molar-refractivity contribution in [3.8, 4) is 0 Å². The molecule has 4 rings (SSSR count). The van der Waals surface area contributed by atoms with Gasteiger partial charge in [-0.3, -0.25) is 14.5 Å². The minimum absolute atomic E-state index is 0.186. The number of nitrogens with one attached hydrogen (secondary N) is 1. The number of carbonyl (C=O) groups is 2. The van der Waals surface area contributed by atoms with Crippen LogP contribution in [0.1, 0.15) is 11.1 Å². The van der Waals surface area contributed by atoms with Gasteiger partial charge < -0.3 is 10.4 Å². The van der Waals surface area contributed by atoms with E-state index in [1.807, 2.05) is 30.5 Å². The predicted octanol–water partition coefficient (Wildman–Crippen LogP) is 3.63. The molecule has 3 aromatic rings. The third-order valence-electron chi connectivity index (χ3n) is 4.99. The van der Waals surface area contributed by atoms with Crippen molar-refractivity contribution in [2.24, 2.45) is 0 Å². The molecule has 29 heavy (non-hydrogen) atoms. The van der Waals surface area contributed by atoms with Crippen LogP contribution in [0.3, 0.4) is 0 Å². The van der Waals surface area contributed by atoms with Crippen molar-refractivity contribution in [3.05, 3.63) is 90.0 Å². The summed E-state index contributed by atoms with van der Waals surface area (Å²) >= 11 is 1.58. The fourth-order valence-corrected chi connectivity index (χ4v) is 4.05. The molecule has 0 aromatic heterocycles. The third-order valence-corrected chi connectivity index (χ3v) is 5.71. The molecule has 0 radical (unpaired) electrons. The molecule has 0 aliphatic carbocycles. The van der Waals surface area contributed by atoms with Crippen molar-refractivity contribution in [2.45, 2.75) is 10.5 Å². The molecule has 1 aliphatic heterocycles. The van der Waals surface area contributed by atoms with Crippen molar-refractivity contribution in [2.75, 3.05) is 23.0 Å². The lowest BCUT2D eigenvalue weighted by Gasteiger charge is -2.23. The van der Waals surface area contributed by atoms with E-state index in [1.165, 1.54) is 4.90 Å². The molecule has 0 fully saturated rings. The Morgan fingerprint density at radius 3 is 2.52 bits per heavy atom. The van der Waals surface area contributed by atoms with Gasteiger partial charge in [-0.1, -0.05) is 54.6 Å². The number of thioether (sulfide) groups is 1. The molecule has 1 heterocycles. The molecule has 2 N–H and O–H groups in total. The number of para-hydroxylation sites is 1. The number of hydrogen-bond donors (Lipinski definition) is 2. The van der Waals surface area contributed by atoms with Crippen LogP contribution in [0.2, 0.25) is 0 Å². The van der Waals surface area contributed by atoms with Gasteiger partial charge in [0.2, 0.25) is 5.91 Å². The van der Waals surface area contributed by atoms with E-state index in [0.717, 1.165) is 4.90 Å². The van der Waals surface area contributed by atoms with Crippen LogP contribution in [0, 0.1) is 0 Å². The number of amides is 2. The van der Waals surface area contributed by atoms with Gasteiger partial charge in [0.15, 0.2) is 5.60 Å². The van der Waals surface area contributed by atoms with Crippen LogP contribution in [0.15, 0.2) is 83.8 Å². The molecule has 1 unspecified atom stereocenters. The van der Waals surface area contributed by atoms with E-state index in [1.54, 1.807) is 66.4 Å². The van der Waals surface area contributed by atoms with Crippen LogP contribution in [0.4, 0.5) is 11.4 Å². The molecule has 1 aliphatic rings. The lowest BCUT2D eigenvalue weighted by Crippen LogP contribution is -2.44. The van der Waals surface area contributed by atoms with Crippen molar-refractivity contribution in [1.82, 2.24) is 0 Å². The number of fused-ring (bicyclic) bond motifs is 1. The van der Waals surface area contributed by atoms with Crippen LogP contribution < -0.4 is 10.2 Å². The normalized spacial score (nSPS) is 17.9. The lowest BCUT2D eigenvalue weighted by molar-refractivity contribution is -0.133. The Morgan fingerprint density at radius 1 is 1.03 bits per heavy atom. The zero-order chi connectivity index (χ0) is 20.4. The topological polar surface area (TPSA) is 69.6 Å². The average molecular weight is 404 g/mol. The van der Waals surface area contributed by atoms with Gasteiger partial charge >= 0.3 is 0 Å². The standard InChI is InChI=1S/C23H20N2O3S/c1-29-18-11-7-10-17(14-18)24-21(26)15-25-20-13-6-5-12-19(20)23(28,22(25)27)16-8-3-2-4-9-16/h2-14,28H,15H2,1H3,(H,24,26). The van der Waals surface area contributed by atoms with Crippen molar-refractivity contribution < 1.29 is 14.7 Å². The Kier molecular flexibility index (Phi) is 5.13. The number of nitrogens with zero attached hydrogens (tertiary/aromatic N) is 1. The van der Waals surface area contributed by atoms with Crippen LogP contribution in [-0.4, -0.2) is 29.7 Å². The zero-order valence-corrected chi connectivity index (χ0v) is 16.6. The summed E-state index contributed by atoms with van der Waals surface area (Å²) in [7, 11) is 0. The van der Waals surface area contributed by atoms with Crippen molar-refractivity contribution >= 4 is 35.0 Å². The van der Waals surface area contributed by atoms with E-state index in [0.29, 0.717) is 22.5 Å². The number of anilines is 2. The van der Waals surface area contributed by atoms with Gasteiger partial charge in [-0.25, -0.2) is 0 Å². The number of aliphatic hydroxyl groups is 1. The summed E-state index contributed by atoms with van der Waals surface area (Å²) < 4.78 is 0. The van der Waals surface area contributed by atoms with Crippen LogP contribution in [0.5, 0.6) is 0 Å². The smallest absolute Gasteiger partial charge is 0.268 e. The maximum absolute atomic E-state index is 13.3. The van der Waals surface area contributed by atoms with Gasteiger partial charge in [-0.05, 0) is 36.1 Å². The first-order chi connectivity index (χ1) is 14.0. The van der Waals surface area contributed by atoms with Crippen LogP contribution in [-0.2, 0) is 15.2 Å². The molecule has 5 nitrogen and oxygen atoms in total. The highest BCUT2D eigenvalue weighted by Crippen LogP contribution is 2.44. The highest BCUT2D eigenvalue weighted by atomic mass is 32.2. The molecular formula is C23H20N2O3S. The second-order valence-corrected chi connectivity index (χ2v) is 7.64. The molecule has 2 amide bonds. The largest absolute Gasteiger partial charge is 0.372 e. The molecule has 0 bridgehead atoms. The number of hydrogen-bond acceptors (Lipinski definition) is 4. The maximum Gasteiger partial charge on any atom is 0.268 e. The molecule has 1 atom stereocenters. The Balaban J connectivity index is 1.63. The van der Waals surface area contributed by atoms with Gasteiger partial charge in [0.25, 0.3) is 5.91 Å². The summed E-state index contributed by atoms with van der Waals surface area (Å²) in [5, 5.41) is 14.2. The van der Waals surface area contributed by atoms with E-state index >= 15 is 0 Å². The average Bonchev–Trinajstić information content (AvgIpc) is 2.97. The van der Waals surface area contributed by atoms with Crippen LogP contribution >= 0.6 is 11.8 Å². The second kappa shape index (κ2) is 7.73. The Morgan fingerprint density at radius 2 is 1.76 bits per heavy atom. The Labute approximate surface area is 173 Å². The second-order valence-electron chi connectivity index (χ2n) is 6.77. The minimum Gasteiger partial charge on any atom is -0.372 e. The fourth-order valence-electron chi connectivity index (χ4n) is 3.60. The first-order valence-corrected chi connectivity index (χ1v) is 10.4. The minimum atomic E-state index is -1.81. The summed E-state index contributed by atoms with van der Waals surface area (Å²) in [6.07, 6.45) is 1.96. The van der Waals surface area contributed by atoms with Gasteiger partial charge in [0.05, 0.1) is 5.69 Å². The highest BCUT2D eigenvalue weighted by molar-refractivity contribution is 7.98. The van der Waals surface area contributed by atoms with E-state index in [9.17, 15) is 14.7 Å². The number of benzene rings is 3. The first-order valence-electron chi connectivity index (χ1n) is 9.17. The van der Waals surface area contributed by atoms with Gasteiger partial charge in [0.1, 0.15) is 6.54 Å². The zero-order valence-electron chi connectivity index (χ0n) is 15.8. The maximum atomic E-state index is 13.3. The van der Waals surface area contributed by atoms with Crippen molar-refractivity contribution in [1.29, 1.82) is 0 Å². The predicted molar refractivity (Wildman–Crippen MR) is 115 cm³/mol. The quantitative estimate of drug-likeness (QED) is 0.637. The molecule has 6 heteroatoms. The summed E-state index contributed by atoms with van der Waals surface area (Å²) in [5.41, 5.74) is 0.357. The van der Waals surface area contributed by atoms with E-state index in [2.05, 4.69) is 5.32 Å². The SMILES string of the molecule is CSc1cccc(NC(=O)CN2C(=O)C(O)(c3ccccc3)c3ccccc32)c1. The first kappa shape index (κ1) is 19.2. The van der Waals surface area contributed by atoms with Crippen molar-refractivity contribution in [3.63, 3.8) is 0 Å². The lowest BCUT2D eigenvalue weighted by atomic mass is 9.88. The molecule has 146 valence electrons. The van der Waals surface area contributed by atoms with E-state index in [-0.39, 0.29) is 12.5 Å². The van der Waals surface area contributed by atoms with Gasteiger partial charge in [-0.15, -0.1) is 11.8 Å². The molecule has 3 aromatic carbocycles. The third kappa shape index (κ3) is 3.41. The number of rotatable bonds is 5. The summed E-state index contributed by atoms with van der Waals surface area (Å²) in [6.45, 7) is -0.186. The van der Waals surface area contributed by atoms with Crippen LogP contribution in [0.25, 0.3) is 0 Å². The summed E-state index contributed by atoms with van der Waals surface area (Å²) in [5.74, 6) is -0.860. The fraction of sp³-hybridized carbons (Fsp3) is 0.130. The Hall–Kier alpha value is -3.09. The van der Waals surface area contributed by atoms with E-state index < -0.39 is 11.5 Å². The molecule has 0 saturated carbocycles. The molecular weight excluding hydrogens is 384 g/mol. The monoisotopic (exact) mass is 404 g/mol. The summed E-state index contributed by atoms with van der Waals surface area (Å²) in [6, 6.07) is 23.3. The molecule has 0 spiro atoms. The number of carbonyl (C=O) groups excluding carboxylic acids is 2. The van der Waals surface area contributed by atoms with Gasteiger partial charge in [-0.2, -0.15) is 0 Å². The Bertz CT molecular complexity index is 1070. The molecule has 0 saturated heterocycles. The summed E-state index contributed by atoms with van der Waals surface area (Å²) in [4.78, 5) is 28.3. The van der Waals surface area contributed by atoms with E-state index in [4.69, 9.17) is 0 Å². The van der Waals surface area contributed by atoms with Gasteiger partial charge in [0, 0.05) is 16.1 Å². The highest BCUT2D eigenvalue weighted by Gasteiger charge is 2.51.